The molecule has 134 valence electrons. The first kappa shape index (κ1) is 18.8. The first-order chi connectivity index (χ1) is 12.1. The summed E-state index contributed by atoms with van der Waals surface area (Å²) in [4.78, 5) is 8.76. The van der Waals surface area contributed by atoms with Gasteiger partial charge >= 0.3 is 0 Å². The third-order valence-corrected chi connectivity index (χ3v) is 3.83. The lowest BCUT2D eigenvalue weighted by Gasteiger charge is -2.24. The molecule has 0 fully saturated rings. The average Bonchev–Trinajstić information content (AvgIpc) is 2.65. The molecular weight excluding hydrogens is 312 g/mol. The van der Waals surface area contributed by atoms with Crippen LogP contribution in [0.3, 0.4) is 0 Å². The number of hydrogen-bond donors (Lipinski definition) is 2. The highest BCUT2D eigenvalue weighted by atomic mass is 16.5. The fourth-order valence-electron chi connectivity index (χ4n) is 2.37. The molecule has 0 atom stereocenters. The van der Waals surface area contributed by atoms with E-state index in [9.17, 15) is 0 Å². The standard InChI is InChI=1S/C20H28N4O/c1-4-22-19(23-13-14-25-18-11-8-12-21-15-18)24-16-20(2,3)17-9-6-5-7-10-17/h5-12,15H,4,13-14,16H2,1-3H3,(H2,22,23,24). The van der Waals surface area contributed by atoms with E-state index in [1.54, 1.807) is 12.4 Å². The largest absolute Gasteiger partial charge is 0.490 e. The van der Waals surface area contributed by atoms with E-state index in [2.05, 4.69) is 60.7 Å². The van der Waals surface area contributed by atoms with Gasteiger partial charge in [0, 0.05) is 18.2 Å². The Morgan fingerprint density at radius 2 is 1.92 bits per heavy atom. The summed E-state index contributed by atoms with van der Waals surface area (Å²) in [7, 11) is 0. The Hall–Kier alpha value is -2.56. The van der Waals surface area contributed by atoms with Gasteiger partial charge in [-0.25, -0.2) is 0 Å². The molecule has 0 radical (unpaired) electrons. The normalized spacial score (nSPS) is 11.9. The van der Waals surface area contributed by atoms with E-state index in [1.807, 2.05) is 18.2 Å². The van der Waals surface area contributed by atoms with Gasteiger partial charge in [0.2, 0.25) is 0 Å². The number of nitrogens with zero attached hydrogens (tertiary/aromatic N) is 2. The van der Waals surface area contributed by atoms with Gasteiger partial charge in [-0.1, -0.05) is 44.2 Å². The Balaban J connectivity index is 1.85. The van der Waals surface area contributed by atoms with Crippen molar-refractivity contribution in [3.63, 3.8) is 0 Å². The first-order valence-corrected chi connectivity index (χ1v) is 8.72. The van der Waals surface area contributed by atoms with E-state index in [0.29, 0.717) is 19.7 Å². The molecule has 1 aromatic heterocycles. The zero-order chi connectivity index (χ0) is 18.0. The number of pyridine rings is 1. The molecule has 5 heteroatoms. The Kier molecular flexibility index (Phi) is 7.26. The average molecular weight is 340 g/mol. The van der Waals surface area contributed by atoms with E-state index in [-0.39, 0.29) is 5.41 Å². The Morgan fingerprint density at radius 1 is 1.12 bits per heavy atom. The van der Waals surface area contributed by atoms with Gasteiger partial charge in [-0.3, -0.25) is 9.98 Å². The number of benzene rings is 1. The molecule has 2 N–H and O–H groups in total. The SMILES string of the molecule is CCNC(=NCC(C)(C)c1ccccc1)NCCOc1cccnc1. The summed E-state index contributed by atoms with van der Waals surface area (Å²) >= 11 is 0. The van der Waals surface area contributed by atoms with Crippen molar-refractivity contribution in [3.05, 3.63) is 60.4 Å². The Bertz CT molecular complexity index is 641. The summed E-state index contributed by atoms with van der Waals surface area (Å²) < 4.78 is 5.64. The fraction of sp³-hybridized carbons (Fsp3) is 0.400. The van der Waals surface area contributed by atoms with Crippen molar-refractivity contribution in [2.45, 2.75) is 26.2 Å². The van der Waals surface area contributed by atoms with Crippen molar-refractivity contribution < 1.29 is 4.74 Å². The minimum Gasteiger partial charge on any atom is -0.490 e. The third-order valence-electron chi connectivity index (χ3n) is 3.83. The summed E-state index contributed by atoms with van der Waals surface area (Å²) in [6.45, 7) is 9.23. The summed E-state index contributed by atoms with van der Waals surface area (Å²) in [5.41, 5.74) is 1.27. The van der Waals surface area contributed by atoms with Crippen LogP contribution in [0, 0.1) is 0 Å². The lowest BCUT2D eigenvalue weighted by molar-refractivity contribution is 0.320. The molecule has 0 saturated heterocycles. The molecule has 0 aliphatic rings. The van der Waals surface area contributed by atoms with Crippen LogP contribution in [0.1, 0.15) is 26.3 Å². The summed E-state index contributed by atoms with van der Waals surface area (Å²) in [6.07, 6.45) is 3.44. The van der Waals surface area contributed by atoms with Crippen LogP contribution in [0.4, 0.5) is 0 Å². The van der Waals surface area contributed by atoms with Crippen LogP contribution in [0.15, 0.2) is 59.9 Å². The number of hydrogen-bond acceptors (Lipinski definition) is 3. The molecule has 2 aromatic rings. The first-order valence-electron chi connectivity index (χ1n) is 8.72. The molecule has 0 unspecified atom stereocenters. The number of ether oxygens (including phenoxy) is 1. The maximum Gasteiger partial charge on any atom is 0.191 e. The van der Waals surface area contributed by atoms with Crippen molar-refractivity contribution in [2.75, 3.05) is 26.2 Å². The lowest BCUT2D eigenvalue weighted by atomic mass is 9.85. The molecule has 0 amide bonds. The predicted octanol–water partition coefficient (Wildman–Crippen LogP) is 2.99. The maximum atomic E-state index is 5.64. The minimum absolute atomic E-state index is 0.0180. The van der Waals surface area contributed by atoms with Crippen molar-refractivity contribution >= 4 is 5.96 Å². The molecule has 0 aliphatic carbocycles. The van der Waals surface area contributed by atoms with Crippen LogP contribution in [-0.2, 0) is 5.41 Å². The molecule has 5 nitrogen and oxygen atoms in total. The zero-order valence-corrected chi connectivity index (χ0v) is 15.3. The summed E-state index contributed by atoms with van der Waals surface area (Å²) in [6, 6.07) is 14.2. The van der Waals surface area contributed by atoms with Crippen molar-refractivity contribution in [1.82, 2.24) is 15.6 Å². The highest BCUT2D eigenvalue weighted by Crippen LogP contribution is 2.22. The molecule has 0 aliphatic heterocycles. The molecule has 25 heavy (non-hydrogen) atoms. The van der Waals surface area contributed by atoms with Gasteiger partial charge in [0.15, 0.2) is 5.96 Å². The van der Waals surface area contributed by atoms with Crippen molar-refractivity contribution in [2.24, 2.45) is 4.99 Å². The Morgan fingerprint density at radius 3 is 2.60 bits per heavy atom. The molecule has 1 heterocycles. The van der Waals surface area contributed by atoms with Crippen LogP contribution in [0.5, 0.6) is 5.75 Å². The van der Waals surface area contributed by atoms with Gasteiger partial charge in [0.25, 0.3) is 0 Å². The topological polar surface area (TPSA) is 58.5 Å². The minimum atomic E-state index is -0.0180. The quantitative estimate of drug-likeness (QED) is 0.441. The number of rotatable bonds is 8. The van der Waals surface area contributed by atoms with E-state index in [1.165, 1.54) is 5.56 Å². The highest BCUT2D eigenvalue weighted by molar-refractivity contribution is 5.79. The zero-order valence-electron chi connectivity index (χ0n) is 15.3. The maximum absolute atomic E-state index is 5.64. The molecule has 0 saturated carbocycles. The van der Waals surface area contributed by atoms with Crippen LogP contribution < -0.4 is 15.4 Å². The van der Waals surface area contributed by atoms with Gasteiger partial charge < -0.3 is 15.4 Å². The second-order valence-electron chi connectivity index (χ2n) is 6.41. The molecule has 1 aromatic carbocycles. The van der Waals surface area contributed by atoms with E-state index in [0.717, 1.165) is 18.3 Å². The van der Waals surface area contributed by atoms with Gasteiger partial charge in [-0.05, 0) is 24.6 Å². The summed E-state index contributed by atoms with van der Waals surface area (Å²) in [5.74, 6) is 1.58. The van der Waals surface area contributed by atoms with E-state index >= 15 is 0 Å². The van der Waals surface area contributed by atoms with Crippen LogP contribution >= 0.6 is 0 Å². The smallest absolute Gasteiger partial charge is 0.191 e. The van der Waals surface area contributed by atoms with E-state index < -0.39 is 0 Å². The second kappa shape index (κ2) is 9.67. The number of nitrogens with one attached hydrogen (secondary N) is 2. The molecular formula is C20H28N4O. The molecule has 0 bridgehead atoms. The predicted molar refractivity (Wildman–Crippen MR) is 103 cm³/mol. The molecule has 0 spiro atoms. The monoisotopic (exact) mass is 340 g/mol. The van der Waals surface area contributed by atoms with Crippen molar-refractivity contribution in [3.8, 4) is 5.75 Å². The van der Waals surface area contributed by atoms with Crippen LogP contribution in [-0.4, -0.2) is 37.2 Å². The van der Waals surface area contributed by atoms with Crippen molar-refractivity contribution in [1.29, 1.82) is 0 Å². The lowest BCUT2D eigenvalue weighted by Crippen LogP contribution is -2.40. The van der Waals surface area contributed by atoms with Gasteiger partial charge in [0.1, 0.15) is 12.4 Å². The number of aliphatic imine (C=N–C) groups is 1. The van der Waals surface area contributed by atoms with E-state index in [4.69, 9.17) is 9.73 Å². The van der Waals surface area contributed by atoms with Crippen LogP contribution in [0.2, 0.25) is 0 Å². The Labute approximate surface area is 150 Å². The highest BCUT2D eigenvalue weighted by Gasteiger charge is 2.19. The summed E-state index contributed by atoms with van der Waals surface area (Å²) in [5, 5.41) is 6.58. The second-order valence-corrected chi connectivity index (χ2v) is 6.41. The molecule has 2 rings (SSSR count). The van der Waals surface area contributed by atoms with Gasteiger partial charge in [-0.2, -0.15) is 0 Å². The third kappa shape index (κ3) is 6.45. The van der Waals surface area contributed by atoms with Gasteiger partial charge in [0.05, 0.1) is 19.3 Å². The fourth-order valence-corrected chi connectivity index (χ4v) is 2.37. The van der Waals surface area contributed by atoms with Gasteiger partial charge in [-0.15, -0.1) is 0 Å². The number of aromatic nitrogens is 1. The number of guanidine groups is 1. The van der Waals surface area contributed by atoms with Crippen LogP contribution in [0.25, 0.3) is 0 Å².